The molecule has 6 N–H and O–H groups in total. The van der Waals surface area contributed by atoms with Crippen LogP contribution in [0.1, 0.15) is 200 Å². The fourth-order valence-corrected chi connectivity index (χ4v) is 8.47. The average Bonchev–Trinajstić information content (AvgIpc) is 3.29. The summed E-state index contributed by atoms with van der Waals surface area (Å²) in [6.07, 6.45) is 41.4. The number of carbonyl (C=O) groups is 1. The molecule has 0 spiro atoms. The summed E-state index contributed by atoms with van der Waals surface area (Å²) in [4.78, 5) is 23.2. The van der Waals surface area contributed by atoms with Crippen LogP contribution in [0.5, 0.6) is 0 Å². The van der Waals surface area contributed by atoms with Gasteiger partial charge in [0.2, 0.25) is 0 Å². The number of allylic oxidation sites excluding steroid dienone is 10. The van der Waals surface area contributed by atoms with Crippen LogP contribution in [0.3, 0.4) is 0 Å². The Hall–Kier alpha value is -1.96. The summed E-state index contributed by atoms with van der Waals surface area (Å²) in [7, 11) is -5.03. The highest BCUT2D eigenvalue weighted by Crippen LogP contribution is 2.47. The predicted molar refractivity (Wildman–Crippen MR) is 262 cm³/mol. The van der Waals surface area contributed by atoms with E-state index in [9.17, 15) is 39.8 Å². The first-order valence-electron chi connectivity index (χ1n) is 25.6. The molecule has 12 nitrogen and oxygen atoms in total. The van der Waals surface area contributed by atoms with Crippen LogP contribution in [0.25, 0.3) is 0 Å². The lowest BCUT2D eigenvalue weighted by Gasteiger charge is -2.41. The predicted octanol–water partition coefficient (Wildman–Crippen LogP) is 11.4. The van der Waals surface area contributed by atoms with Gasteiger partial charge in [-0.25, -0.2) is 4.57 Å². The Bertz CT molecular complexity index is 1300. The van der Waals surface area contributed by atoms with Gasteiger partial charge in [-0.15, -0.1) is 0 Å². The van der Waals surface area contributed by atoms with Crippen molar-refractivity contribution in [2.45, 2.75) is 243 Å². The Labute approximate surface area is 394 Å². The van der Waals surface area contributed by atoms with Crippen molar-refractivity contribution in [1.29, 1.82) is 0 Å². The SMILES string of the molecule is CCCC/C=C\C/C=C\CCCCCCCC(=O)OC(COCCCCCCCCCCC/C=C\C/C=C\C/C=C\CCCCCCC)COP(=O)(O)OC1C(O)C(O)C(O)C(O)C1O. The van der Waals surface area contributed by atoms with Gasteiger partial charge in [0.15, 0.2) is 0 Å². The van der Waals surface area contributed by atoms with Crippen LogP contribution in [-0.4, -0.2) is 98.9 Å². The van der Waals surface area contributed by atoms with Crippen LogP contribution in [-0.2, 0) is 27.9 Å². The number of rotatable bonds is 43. The minimum Gasteiger partial charge on any atom is -0.457 e. The molecule has 65 heavy (non-hydrogen) atoms. The third-order valence-electron chi connectivity index (χ3n) is 11.6. The van der Waals surface area contributed by atoms with Crippen molar-refractivity contribution in [3.05, 3.63) is 60.8 Å². The number of hydrogen-bond donors (Lipinski definition) is 6. The molecule has 0 heterocycles. The Kier molecular flexibility index (Phi) is 39.6. The van der Waals surface area contributed by atoms with Crippen LogP contribution in [0.2, 0.25) is 0 Å². The third kappa shape index (κ3) is 34.1. The van der Waals surface area contributed by atoms with Gasteiger partial charge in [0.25, 0.3) is 0 Å². The maximum Gasteiger partial charge on any atom is 0.472 e. The van der Waals surface area contributed by atoms with E-state index >= 15 is 0 Å². The number of hydrogen-bond acceptors (Lipinski definition) is 11. The van der Waals surface area contributed by atoms with E-state index in [1.165, 1.54) is 83.5 Å². The van der Waals surface area contributed by atoms with E-state index in [1.54, 1.807) is 0 Å². The van der Waals surface area contributed by atoms with E-state index < -0.39 is 63.1 Å². The van der Waals surface area contributed by atoms with Gasteiger partial charge < -0.3 is 39.9 Å². The van der Waals surface area contributed by atoms with Gasteiger partial charge in [-0.2, -0.15) is 0 Å². The number of esters is 1. The van der Waals surface area contributed by atoms with Crippen LogP contribution in [0.4, 0.5) is 0 Å². The molecule has 1 fully saturated rings. The quantitative estimate of drug-likeness (QED) is 0.0147. The number of ether oxygens (including phenoxy) is 2. The minimum absolute atomic E-state index is 0.0884. The van der Waals surface area contributed by atoms with E-state index in [1.807, 2.05) is 0 Å². The highest BCUT2D eigenvalue weighted by Gasteiger charge is 2.51. The monoisotopic (exact) mass is 941 g/mol. The second kappa shape index (κ2) is 42.2. The Morgan fingerprint density at radius 3 is 1.35 bits per heavy atom. The van der Waals surface area contributed by atoms with Crippen molar-refractivity contribution < 1.29 is 58.3 Å². The normalized spacial score (nSPS) is 22.0. The van der Waals surface area contributed by atoms with Crippen LogP contribution in [0.15, 0.2) is 60.8 Å². The first-order valence-corrected chi connectivity index (χ1v) is 27.1. The smallest absolute Gasteiger partial charge is 0.457 e. The number of carbonyl (C=O) groups excluding carboxylic acids is 1. The molecule has 6 unspecified atom stereocenters. The van der Waals surface area contributed by atoms with Crippen molar-refractivity contribution in [3.8, 4) is 0 Å². The van der Waals surface area contributed by atoms with E-state index in [0.29, 0.717) is 13.0 Å². The van der Waals surface area contributed by atoms with Crippen molar-refractivity contribution in [3.63, 3.8) is 0 Å². The number of aliphatic hydroxyl groups is 5. The second-order valence-corrected chi connectivity index (χ2v) is 19.1. The highest BCUT2D eigenvalue weighted by molar-refractivity contribution is 7.47. The second-order valence-electron chi connectivity index (χ2n) is 17.7. The van der Waals surface area contributed by atoms with Gasteiger partial charge in [-0.05, 0) is 77.0 Å². The maximum atomic E-state index is 12.8. The molecule has 1 aliphatic carbocycles. The molecule has 1 aliphatic rings. The molecule has 0 bridgehead atoms. The largest absolute Gasteiger partial charge is 0.472 e. The van der Waals surface area contributed by atoms with Crippen LogP contribution >= 0.6 is 7.82 Å². The molecule has 0 aromatic heterocycles. The third-order valence-corrected chi connectivity index (χ3v) is 12.6. The summed E-state index contributed by atoms with van der Waals surface area (Å²) >= 11 is 0. The zero-order chi connectivity index (χ0) is 47.6. The summed E-state index contributed by atoms with van der Waals surface area (Å²) in [6, 6.07) is 0. The molecule has 13 heteroatoms. The number of aliphatic hydroxyl groups excluding tert-OH is 5. The van der Waals surface area contributed by atoms with Gasteiger partial charge in [-0.1, -0.05) is 177 Å². The summed E-state index contributed by atoms with van der Waals surface area (Å²) in [6.45, 7) is 4.18. The molecule has 0 amide bonds. The number of phosphoric ester groups is 1. The Morgan fingerprint density at radius 2 is 0.877 bits per heavy atom. The summed E-state index contributed by atoms with van der Waals surface area (Å²) in [5, 5.41) is 50.3. The fourth-order valence-electron chi connectivity index (χ4n) is 7.50. The number of unbranched alkanes of at least 4 members (excludes halogenated alkanes) is 21. The van der Waals surface area contributed by atoms with E-state index in [0.717, 1.165) is 89.9 Å². The fraction of sp³-hybridized carbons (Fsp3) is 0.788. The maximum absolute atomic E-state index is 12.8. The lowest BCUT2D eigenvalue weighted by atomic mass is 9.85. The first-order chi connectivity index (χ1) is 31.5. The van der Waals surface area contributed by atoms with Gasteiger partial charge >= 0.3 is 13.8 Å². The van der Waals surface area contributed by atoms with E-state index in [4.69, 9.17) is 18.5 Å². The molecule has 1 rings (SSSR count). The lowest BCUT2D eigenvalue weighted by Crippen LogP contribution is -2.64. The Balaban J connectivity index is 2.33. The van der Waals surface area contributed by atoms with Gasteiger partial charge in [0.1, 0.15) is 42.7 Å². The van der Waals surface area contributed by atoms with Gasteiger partial charge in [-0.3, -0.25) is 13.8 Å². The van der Waals surface area contributed by atoms with Crippen molar-refractivity contribution in [2.75, 3.05) is 19.8 Å². The summed E-state index contributed by atoms with van der Waals surface area (Å²) < 4.78 is 34.2. The molecular weight excluding hydrogens is 848 g/mol. The molecule has 6 atom stereocenters. The van der Waals surface area contributed by atoms with Crippen molar-refractivity contribution >= 4 is 13.8 Å². The zero-order valence-electron chi connectivity index (χ0n) is 40.5. The van der Waals surface area contributed by atoms with Gasteiger partial charge in [0, 0.05) is 13.0 Å². The summed E-state index contributed by atoms with van der Waals surface area (Å²) in [5.74, 6) is -0.495. The molecule has 0 radical (unpaired) electrons. The van der Waals surface area contributed by atoms with Crippen molar-refractivity contribution in [1.82, 2.24) is 0 Å². The zero-order valence-corrected chi connectivity index (χ0v) is 41.4. The summed E-state index contributed by atoms with van der Waals surface area (Å²) in [5.41, 5.74) is 0. The molecule has 0 aliphatic heterocycles. The van der Waals surface area contributed by atoms with Crippen LogP contribution < -0.4 is 0 Å². The minimum atomic E-state index is -5.03. The highest BCUT2D eigenvalue weighted by atomic mass is 31.2. The van der Waals surface area contributed by atoms with Gasteiger partial charge in [0.05, 0.1) is 13.2 Å². The molecule has 1 saturated carbocycles. The molecule has 0 aromatic rings. The first kappa shape index (κ1) is 61.1. The average molecular weight is 941 g/mol. The topological polar surface area (TPSA) is 192 Å². The molecular formula is C52H93O12P. The number of phosphoric acid groups is 1. The lowest BCUT2D eigenvalue weighted by molar-refractivity contribution is -0.220. The van der Waals surface area contributed by atoms with Crippen molar-refractivity contribution in [2.24, 2.45) is 0 Å². The molecule has 0 saturated heterocycles. The van der Waals surface area contributed by atoms with Crippen LogP contribution in [0, 0.1) is 0 Å². The Morgan fingerprint density at radius 1 is 0.492 bits per heavy atom. The molecule has 378 valence electrons. The molecule has 0 aromatic carbocycles. The standard InChI is InChI=1S/C52H93O12P/c1-3-5-7-9-11-13-15-17-19-20-21-22-23-24-25-26-27-28-30-32-34-36-38-40-42-61-43-45(44-62-65(59,60)64-52-50(57)48(55)47(54)49(56)51(52)58)63-46(53)41-39-37-35-33-31-29-18-16-14-12-10-8-6-4-2/h10,12,15-18,20-21,23-24,45,47-52,54-58H,3-9,11,13-14,19,22,25-44H2,1-2H3,(H,59,60)/b12-10-,17-15-,18-16-,21-20-,24-23-. The van der Waals surface area contributed by atoms with E-state index in [-0.39, 0.29) is 13.0 Å². The van der Waals surface area contributed by atoms with E-state index in [2.05, 4.69) is 74.6 Å².